The molecule has 0 N–H and O–H groups in total. The minimum absolute atomic E-state index is 0.0372. The molecule has 3 aromatic rings. The first-order chi connectivity index (χ1) is 11.6. The summed E-state index contributed by atoms with van der Waals surface area (Å²) in [5.41, 5.74) is 1.77. The molecule has 2 heterocycles. The van der Waals surface area contributed by atoms with Gasteiger partial charge in [0.05, 0.1) is 17.3 Å². The number of hydrogen-bond donors (Lipinski definition) is 0. The molecule has 1 aromatic carbocycles. The Morgan fingerprint density at radius 2 is 2.00 bits per heavy atom. The Morgan fingerprint density at radius 3 is 2.75 bits per heavy atom. The van der Waals surface area contributed by atoms with E-state index in [0.29, 0.717) is 11.6 Å². The average Bonchev–Trinajstić information content (AvgIpc) is 2.99. The van der Waals surface area contributed by atoms with Gasteiger partial charge in [-0.1, -0.05) is 11.8 Å². The van der Waals surface area contributed by atoms with Gasteiger partial charge in [0.25, 0.3) is 5.88 Å². The molecule has 0 spiro atoms. The van der Waals surface area contributed by atoms with Gasteiger partial charge in [0.15, 0.2) is 24.7 Å². The molecule has 2 aromatic heterocycles. The lowest BCUT2D eigenvalue weighted by molar-refractivity contribution is -0.671. The van der Waals surface area contributed by atoms with Crippen molar-refractivity contribution >= 4 is 11.7 Å². The van der Waals surface area contributed by atoms with Crippen molar-refractivity contribution in [3.8, 4) is 29.0 Å². The SMILES string of the molecule is C[n+]1cccc(-c2nsnc2OCC#Cc2cc(F)cc(F)c2)c1. The number of benzene rings is 1. The van der Waals surface area contributed by atoms with Crippen LogP contribution in [-0.2, 0) is 7.05 Å². The van der Waals surface area contributed by atoms with Crippen LogP contribution in [0, 0.1) is 23.5 Å². The first-order valence-corrected chi connectivity index (χ1v) is 7.71. The third-order valence-corrected chi connectivity index (χ3v) is 3.56. The molecule has 0 fully saturated rings. The highest BCUT2D eigenvalue weighted by molar-refractivity contribution is 6.99. The number of ether oxygens (including phenoxy) is 1. The van der Waals surface area contributed by atoms with Gasteiger partial charge in [-0.3, -0.25) is 0 Å². The molecule has 0 aliphatic heterocycles. The molecule has 0 saturated heterocycles. The van der Waals surface area contributed by atoms with Gasteiger partial charge < -0.3 is 4.74 Å². The van der Waals surface area contributed by atoms with E-state index in [-0.39, 0.29) is 12.2 Å². The van der Waals surface area contributed by atoms with Crippen molar-refractivity contribution in [3.63, 3.8) is 0 Å². The van der Waals surface area contributed by atoms with Crippen molar-refractivity contribution in [2.24, 2.45) is 7.05 Å². The van der Waals surface area contributed by atoms with Crippen LogP contribution in [0.4, 0.5) is 8.78 Å². The molecule has 0 radical (unpaired) electrons. The summed E-state index contributed by atoms with van der Waals surface area (Å²) in [5, 5.41) is 0. The maximum Gasteiger partial charge on any atom is 0.255 e. The minimum atomic E-state index is -0.664. The Hall–Kier alpha value is -2.85. The molecule has 0 unspecified atom stereocenters. The molecular weight excluding hydrogens is 332 g/mol. The highest BCUT2D eigenvalue weighted by Gasteiger charge is 2.13. The summed E-state index contributed by atoms with van der Waals surface area (Å²) < 4.78 is 41.9. The largest absolute Gasteiger partial charge is 0.462 e. The van der Waals surface area contributed by atoms with E-state index >= 15 is 0 Å². The summed E-state index contributed by atoms with van der Waals surface area (Å²) in [4.78, 5) is 0. The Kier molecular flexibility index (Phi) is 4.77. The smallest absolute Gasteiger partial charge is 0.255 e. The summed E-state index contributed by atoms with van der Waals surface area (Å²) in [5.74, 6) is 4.42. The van der Waals surface area contributed by atoms with E-state index in [1.807, 2.05) is 36.1 Å². The molecular formula is C17H12F2N3OS+. The maximum absolute atomic E-state index is 13.1. The van der Waals surface area contributed by atoms with Crippen molar-refractivity contribution in [1.82, 2.24) is 8.75 Å². The fourth-order valence-corrected chi connectivity index (χ4v) is 2.57. The fourth-order valence-electron chi connectivity index (χ4n) is 2.05. The van der Waals surface area contributed by atoms with Gasteiger partial charge in [0.2, 0.25) is 0 Å². The number of nitrogens with zero attached hydrogens (tertiary/aromatic N) is 3. The van der Waals surface area contributed by atoms with Crippen LogP contribution < -0.4 is 9.30 Å². The third kappa shape index (κ3) is 3.91. The number of hydrogen-bond acceptors (Lipinski definition) is 4. The number of aromatic nitrogens is 3. The molecule has 0 amide bonds. The Labute approximate surface area is 141 Å². The van der Waals surface area contributed by atoms with Crippen LogP contribution in [0.15, 0.2) is 42.7 Å². The van der Waals surface area contributed by atoms with Crippen LogP contribution in [0.1, 0.15) is 5.56 Å². The van der Waals surface area contributed by atoms with Gasteiger partial charge in [0, 0.05) is 17.7 Å². The highest BCUT2D eigenvalue weighted by Crippen LogP contribution is 2.26. The van der Waals surface area contributed by atoms with Gasteiger partial charge in [-0.05, 0) is 18.2 Å². The van der Waals surface area contributed by atoms with Gasteiger partial charge in [-0.2, -0.15) is 4.37 Å². The standard InChI is InChI=1S/C17H12F2N3OS/c1-22-6-2-5-13(11-22)16-17(21-24-20-16)23-7-3-4-12-8-14(18)10-15(19)9-12/h2,5-6,8-11H,7H2,1H3/q+1. The predicted molar refractivity (Wildman–Crippen MR) is 85.3 cm³/mol. The van der Waals surface area contributed by atoms with E-state index in [9.17, 15) is 8.78 Å². The first kappa shape index (κ1) is 16.0. The Balaban J connectivity index is 1.71. The van der Waals surface area contributed by atoms with Crippen molar-refractivity contribution in [3.05, 3.63) is 59.9 Å². The Morgan fingerprint density at radius 1 is 1.21 bits per heavy atom. The number of halogens is 2. The lowest BCUT2D eigenvalue weighted by Gasteiger charge is -2.00. The van der Waals surface area contributed by atoms with E-state index in [1.54, 1.807) is 0 Å². The zero-order chi connectivity index (χ0) is 16.9. The zero-order valence-electron chi connectivity index (χ0n) is 12.7. The van der Waals surface area contributed by atoms with Gasteiger partial charge >= 0.3 is 0 Å². The number of rotatable bonds is 3. The molecule has 0 aliphatic rings. The fraction of sp³-hybridized carbons (Fsp3) is 0.118. The molecule has 24 heavy (non-hydrogen) atoms. The topological polar surface area (TPSA) is 38.9 Å². The predicted octanol–water partition coefficient (Wildman–Crippen LogP) is 2.74. The van der Waals surface area contributed by atoms with Crippen molar-refractivity contribution in [1.29, 1.82) is 0 Å². The third-order valence-electron chi connectivity index (χ3n) is 3.05. The van der Waals surface area contributed by atoms with Gasteiger partial charge in [0.1, 0.15) is 18.7 Å². The lowest BCUT2D eigenvalue weighted by Crippen LogP contribution is -2.26. The molecule has 7 heteroatoms. The highest BCUT2D eigenvalue weighted by atomic mass is 32.1. The normalized spacial score (nSPS) is 10.1. The number of pyridine rings is 1. The van der Waals surface area contributed by atoms with Crippen molar-refractivity contribution in [2.45, 2.75) is 0 Å². The molecule has 4 nitrogen and oxygen atoms in total. The molecule has 0 bridgehead atoms. The second kappa shape index (κ2) is 7.15. The van der Waals surface area contributed by atoms with E-state index < -0.39 is 11.6 Å². The summed E-state index contributed by atoms with van der Waals surface area (Å²) in [6.07, 6.45) is 3.82. The second-order valence-corrected chi connectivity index (χ2v) is 5.45. The van der Waals surface area contributed by atoms with Crippen molar-refractivity contribution < 1.29 is 18.1 Å². The van der Waals surface area contributed by atoms with E-state index in [2.05, 4.69) is 20.6 Å². The monoisotopic (exact) mass is 344 g/mol. The van der Waals surface area contributed by atoms with Gasteiger partial charge in [-0.15, -0.1) is 4.37 Å². The van der Waals surface area contributed by atoms with E-state index in [0.717, 1.165) is 35.5 Å². The van der Waals surface area contributed by atoms with Gasteiger partial charge in [-0.25, -0.2) is 13.3 Å². The number of aryl methyl sites for hydroxylation is 1. The van der Waals surface area contributed by atoms with E-state index in [4.69, 9.17) is 4.74 Å². The average molecular weight is 344 g/mol. The zero-order valence-corrected chi connectivity index (χ0v) is 13.5. The molecule has 120 valence electrons. The van der Waals surface area contributed by atoms with Crippen molar-refractivity contribution in [2.75, 3.05) is 6.61 Å². The molecule has 0 saturated carbocycles. The van der Waals surface area contributed by atoms with E-state index in [1.165, 1.54) is 0 Å². The van der Waals surface area contributed by atoms with Crippen LogP contribution in [0.3, 0.4) is 0 Å². The van der Waals surface area contributed by atoms with Crippen LogP contribution in [0.5, 0.6) is 5.88 Å². The summed E-state index contributed by atoms with van der Waals surface area (Å²) >= 11 is 1.04. The summed E-state index contributed by atoms with van der Waals surface area (Å²) in [6.45, 7) is 0.0372. The maximum atomic E-state index is 13.1. The lowest BCUT2D eigenvalue weighted by atomic mass is 10.2. The molecule has 3 rings (SSSR count). The summed E-state index contributed by atoms with van der Waals surface area (Å²) in [7, 11) is 1.91. The van der Waals surface area contributed by atoms with Crippen LogP contribution in [0.2, 0.25) is 0 Å². The molecule has 0 atom stereocenters. The second-order valence-electron chi connectivity index (χ2n) is 4.92. The van der Waals surface area contributed by atoms with Crippen LogP contribution >= 0.6 is 11.7 Å². The summed E-state index contributed by atoms with van der Waals surface area (Å²) in [6, 6.07) is 6.93. The van der Waals surface area contributed by atoms with Crippen LogP contribution in [0.25, 0.3) is 11.3 Å². The minimum Gasteiger partial charge on any atom is -0.462 e. The first-order valence-electron chi connectivity index (χ1n) is 6.98. The Bertz CT molecular complexity index is 911. The molecule has 0 aliphatic carbocycles. The van der Waals surface area contributed by atoms with Crippen LogP contribution in [-0.4, -0.2) is 15.4 Å². The quantitative estimate of drug-likeness (QED) is 0.542.